The van der Waals surface area contributed by atoms with Crippen LogP contribution in [0.3, 0.4) is 0 Å². The van der Waals surface area contributed by atoms with E-state index in [4.69, 9.17) is 14.5 Å². The maximum Gasteiger partial charge on any atom is 0.339 e. The molecule has 2 heterocycles. The van der Waals surface area contributed by atoms with Gasteiger partial charge in [0.15, 0.2) is 12.4 Å². The van der Waals surface area contributed by atoms with Gasteiger partial charge in [0.2, 0.25) is 11.8 Å². The maximum absolute atomic E-state index is 13.3. The lowest BCUT2D eigenvalue weighted by Gasteiger charge is -2.19. The highest BCUT2D eigenvalue weighted by atomic mass is 16.5. The van der Waals surface area contributed by atoms with Crippen LogP contribution in [0.25, 0.3) is 22.2 Å². The van der Waals surface area contributed by atoms with E-state index in [0.29, 0.717) is 56.6 Å². The molecule has 3 aromatic carbocycles. The van der Waals surface area contributed by atoms with Gasteiger partial charge in [-0.05, 0) is 92.6 Å². The van der Waals surface area contributed by atoms with E-state index in [2.05, 4.69) is 0 Å². The zero-order chi connectivity index (χ0) is 29.8. The lowest BCUT2D eigenvalue weighted by atomic mass is 9.81. The maximum atomic E-state index is 13.3. The monoisotopic (exact) mass is 574 g/mol. The first-order valence-corrected chi connectivity index (χ1v) is 14.6. The van der Waals surface area contributed by atoms with Gasteiger partial charge in [-0.3, -0.25) is 19.3 Å². The molecule has 8 nitrogen and oxygen atoms in total. The first-order chi connectivity index (χ1) is 20.8. The van der Waals surface area contributed by atoms with Crippen LogP contribution in [0.2, 0.25) is 0 Å². The number of methoxy groups -OCH3 is 1. The molecule has 0 spiro atoms. The van der Waals surface area contributed by atoms with Gasteiger partial charge in [0, 0.05) is 16.5 Å². The molecule has 0 radical (unpaired) electrons. The molecule has 2 amide bonds. The molecule has 4 unspecified atom stereocenters. The van der Waals surface area contributed by atoms with Crippen LogP contribution in [0.1, 0.15) is 45.5 Å². The van der Waals surface area contributed by atoms with Crippen LogP contribution in [0.5, 0.6) is 5.75 Å². The largest absolute Gasteiger partial charge is 0.497 e. The van der Waals surface area contributed by atoms with Crippen molar-refractivity contribution >= 4 is 40.2 Å². The summed E-state index contributed by atoms with van der Waals surface area (Å²) in [5, 5.41) is 0.622. The fourth-order valence-electron chi connectivity index (χ4n) is 7.17. The Hall–Kier alpha value is -4.85. The highest BCUT2D eigenvalue weighted by molar-refractivity contribution is 6.22. The van der Waals surface area contributed by atoms with Crippen LogP contribution in [0, 0.1) is 30.6 Å². The van der Waals surface area contributed by atoms with Crippen LogP contribution in [0.4, 0.5) is 5.69 Å². The van der Waals surface area contributed by atoms with Gasteiger partial charge in [0.05, 0.1) is 41.4 Å². The van der Waals surface area contributed by atoms with Gasteiger partial charge in [-0.2, -0.15) is 0 Å². The van der Waals surface area contributed by atoms with Crippen molar-refractivity contribution in [3.63, 3.8) is 0 Å². The number of nitrogens with zero attached hydrogens (tertiary/aromatic N) is 2. The van der Waals surface area contributed by atoms with Gasteiger partial charge in [-0.1, -0.05) is 23.8 Å². The number of ketones is 1. The Kier molecular flexibility index (Phi) is 6.57. The summed E-state index contributed by atoms with van der Waals surface area (Å²) in [6, 6.07) is 21.0. The SMILES string of the molecule is COc1ccc(C(=O)COC(=O)c2cc(-c3ccc(N4C(=O)C5C6CCC(C6)C5C4=O)cc3)nc3ccc(C)cc23)cc1. The number of carbonyl (C=O) groups is 4. The van der Waals surface area contributed by atoms with E-state index in [0.717, 1.165) is 24.8 Å². The number of fused-ring (bicyclic) bond motifs is 6. The van der Waals surface area contributed by atoms with E-state index in [-0.39, 0.29) is 29.4 Å². The van der Waals surface area contributed by atoms with Gasteiger partial charge < -0.3 is 9.47 Å². The number of ether oxygens (including phenoxy) is 2. The lowest BCUT2D eigenvalue weighted by Crippen LogP contribution is -2.32. The second-order valence-electron chi connectivity index (χ2n) is 11.7. The van der Waals surface area contributed by atoms with Gasteiger partial charge in [-0.15, -0.1) is 0 Å². The molecule has 0 N–H and O–H groups in total. The number of esters is 1. The molecule has 4 atom stereocenters. The van der Waals surface area contributed by atoms with E-state index in [1.807, 2.05) is 37.3 Å². The number of hydrogen-bond donors (Lipinski definition) is 0. The Morgan fingerprint density at radius 2 is 1.56 bits per heavy atom. The van der Waals surface area contributed by atoms with Crippen LogP contribution in [-0.4, -0.2) is 42.3 Å². The molecule has 3 fully saturated rings. The number of hydrogen-bond acceptors (Lipinski definition) is 7. The van der Waals surface area contributed by atoms with E-state index in [1.165, 1.54) is 4.90 Å². The van der Waals surface area contributed by atoms with E-state index < -0.39 is 12.6 Å². The van der Waals surface area contributed by atoms with Crippen molar-refractivity contribution in [1.82, 2.24) is 4.98 Å². The molecule has 2 saturated carbocycles. The number of benzene rings is 3. The van der Waals surface area contributed by atoms with Gasteiger partial charge in [0.25, 0.3) is 0 Å². The Labute approximate surface area is 248 Å². The third kappa shape index (κ3) is 4.58. The van der Waals surface area contributed by atoms with Crippen molar-refractivity contribution in [3.05, 3.63) is 89.5 Å². The number of pyridine rings is 1. The standard InChI is InChI=1S/C35H30N2O6/c1-19-3-14-28-26(15-19)27(35(41)43-18-30(38)21-8-12-25(42-2)13-9-21)17-29(36-28)20-6-10-24(11-7-20)37-33(39)31-22-4-5-23(16-22)32(31)34(37)40/h3,6-15,17,22-23,31-32H,4-5,16,18H2,1-2H3. The molecule has 2 aliphatic carbocycles. The average molecular weight is 575 g/mol. The number of Topliss-reactive ketones (excluding diaryl/α,β-unsaturated/α-hetero) is 1. The summed E-state index contributed by atoms with van der Waals surface area (Å²) in [6.07, 6.45) is 3.06. The first kappa shape index (κ1) is 27.0. The predicted octanol–water partition coefficient (Wildman–Crippen LogP) is 5.79. The zero-order valence-corrected chi connectivity index (χ0v) is 23.9. The van der Waals surface area contributed by atoms with Crippen molar-refractivity contribution in [3.8, 4) is 17.0 Å². The number of anilines is 1. The van der Waals surface area contributed by atoms with Crippen molar-refractivity contribution in [2.75, 3.05) is 18.6 Å². The quantitative estimate of drug-likeness (QED) is 0.156. The number of aryl methyl sites for hydroxylation is 1. The molecule has 1 aromatic heterocycles. The van der Waals surface area contributed by atoms with Crippen LogP contribution in [0.15, 0.2) is 72.8 Å². The molecule has 2 bridgehead atoms. The fraction of sp³-hybridized carbons (Fsp3) is 0.286. The first-order valence-electron chi connectivity index (χ1n) is 14.6. The third-order valence-corrected chi connectivity index (χ3v) is 9.28. The minimum absolute atomic E-state index is 0.0802. The summed E-state index contributed by atoms with van der Waals surface area (Å²) in [6.45, 7) is 1.52. The lowest BCUT2D eigenvalue weighted by molar-refractivity contribution is -0.123. The minimum atomic E-state index is -0.632. The van der Waals surface area contributed by atoms with Crippen LogP contribution >= 0.6 is 0 Å². The van der Waals surface area contributed by atoms with Crippen molar-refractivity contribution < 1.29 is 28.7 Å². The van der Waals surface area contributed by atoms with E-state index >= 15 is 0 Å². The third-order valence-electron chi connectivity index (χ3n) is 9.28. The molecule has 3 aliphatic rings. The molecule has 4 aromatic rings. The zero-order valence-electron chi connectivity index (χ0n) is 23.9. The summed E-state index contributed by atoms with van der Waals surface area (Å²) in [5.74, 6) is -0.204. The summed E-state index contributed by atoms with van der Waals surface area (Å²) < 4.78 is 10.6. The summed E-state index contributed by atoms with van der Waals surface area (Å²) in [7, 11) is 1.55. The Morgan fingerprint density at radius 3 is 2.21 bits per heavy atom. The van der Waals surface area contributed by atoms with Crippen molar-refractivity contribution in [2.45, 2.75) is 26.2 Å². The van der Waals surface area contributed by atoms with Crippen molar-refractivity contribution in [1.29, 1.82) is 0 Å². The Bertz CT molecular complexity index is 1770. The highest BCUT2D eigenvalue weighted by Crippen LogP contribution is 2.56. The number of imide groups is 1. The van der Waals surface area contributed by atoms with E-state index in [9.17, 15) is 19.2 Å². The molecule has 8 heteroatoms. The fourth-order valence-corrected chi connectivity index (χ4v) is 7.17. The van der Waals surface area contributed by atoms with Gasteiger partial charge in [-0.25, -0.2) is 9.78 Å². The highest BCUT2D eigenvalue weighted by Gasteiger charge is 2.61. The number of amides is 2. The topological polar surface area (TPSA) is 103 Å². The van der Waals surface area contributed by atoms with Gasteiger partial charge >= 0.3 is 5.97 Å². The molecule has 1 saturated heterocycles. The molecule has 43 heavy (non-hydrogen) atoms. The molecule has 1 aliphatic heterocycles. The van der Waals surface area contributed by atoms with Crippen LogP contribution < -0.4 is 9.64 Å². The average Bonchev–Trinajstić information content (AvgIpc) is 3.72. The number of carbonyl (C=O) groups excluding carboxylic acids is 4. The smallest absolute Gasteiger partial charge is 0.339 e. The molecule has 216 valence electrons. The number of aromatic nitrogens is 1. The Morgan fingerprint density at radius 1 is 0.884 bits per heavy atom. The summed E-state index contributed by atoms with van der Waals surface area (Å²) in [5.41, 5.74) is 4.07. The van der Waals surface area contributed by atoms with Crippen LogP contribution in [-0.2, 0) is 14.3 Å². The predicted molar refractivity (Wildman–Crippen MR) is 160 cm³/mol. The summed E-state index contributed by atoms with van der Waals surface area (Å²) in [4.78, 5) is 58.7. The Balaban J connectivity index is 1.15. The second-order valence-corrected chi connectivity index (χ2v) is 11.7. The molecule has 7 rings (SSSR count). The minimum Gasteiger partial charge on any atom is -0.497 e. The summed E-state index contributed by atoms with van der Waals surface area (Å²) >= 11 is 0. The van der Waals surface area contributed by atoms with E-state index in [1.54, 1.807) is 49.6 Å². The van der Waals surface area contributed by atoms with Crippen molar-refractivity contribution in [2.24, 2.45) is 23.7 Å². The normalized spacial score (nSPS) is 22.2. The molecular formula is C35H30N2O6. The molecular weight excluding hydrogens is 544 g/mol. The second kappa shape index (κ2) is 10.5. The number of rotatable bonds is 7. The van der Waals surface area contributed by atoms with Gasteiger partial charge in [0.1, 0.15) is 5.75 Å².